The molecule has 1 aliphatic carbocycles. The molecule has 72 heavy (non-hydrogen) atoms. The van der Waals surface area contributed by atoms with Gasteiger partial charge in [-0.2, -0.15) is 0 Å². The Morgan fingerprint density at radius 1 is 0.458 bits per heavy atom. The van der Waals surface area contributed by atoms with Crippen LogP contribution in [0.5, 0.6) is 0 Å². The first-order chi connectivity index (χ1) is 32.7. The molecular weight excluding hydrogens is 971 g/mol. The maximum absolute atomic E-state index is 12.3. The van der Waals surface area contributed by atoms with E-state index in [-0.39, 0.29) is 35.3 Å². The minimum atomic E-state index is -1.50. The highest BCUT2D eigenvalue weighted by Crippen LogP contribution is 2.32. The highest BCUT2D eigenvalue weighted by Gasteiger charge is 2.49. The van der Waals surface area contributed by atoms with Gasteiger partial charge in [-0.25, -0.2) is 4.79 Å². The molecule has 8 atom stereocenters. The molecule has 14 amide bonds. The summed E-state index contributed by atoms with van der Waals surface area (Å²) in [5.41, 5.74) is 68.9. The monoisotopic (exact) mass is 1030 g/mol. The van der Waals surface area contributed by atoms with Crippen molar-refractivity contribution in [1.29, 1.82) is 0 Å². The van der Waals surface area contributed by atoms with Crippen LogP contribution < -0.4 is 124 Å². The smallest absolute Gasteiger partial charge is 0.315 e. The van der Waals surface area contributed by atoms with Crippen molar-refractivity contribution >= 4 is 94.6 Å². The normalized spacial score (nSPS) is 15.7. The number of urea groups is 1. The Bertz CT molecular complexity index is 2320. The van der Waals surface area contributed by atoms with Crippen LogP contribution in [-0.2, 0) is 62.3 Å². The van der Waals surface area contributed by atoms with Crippen LogP contribution in [0, 0.1) is 0 Å². The Balaban J connectivity index is 0. The van der Waals surface area contributed by atoms with Gasteiger partial charge in [-0.05, 0) is 0 Å². The first-order valence-electron chi connectivity index (χ1n) is 19.8. The summed E-state index contributed by atoms with van der Waals surface area (Å²) in [7, 11) is 0. The second kappa shape index (κ2) is 29.4. The Kier molecular flexibility index (Phi) is 26.4. The zero-order valence-electron chi connectivity index (χ0n) is 37.9. The van der Waals surface area contributed by atoms with E-state index in [2.05, 4.69) is 26.6 Å². The van der Waals surface area contributed by atoms with E-state index in [4.69, 9.17) is 80.3 Å². The molecular formula is C35H59N21O16. The van der Waals surface area contributed by atoms with Crippen molar-refractivity contribution in [2.45, 2.75) is 86.9 Å². The van der Waals surface area contributed by atoms with Gasteiger partial charge in [0, 0.05) is 6.42 Å². The second-order valence-electron chi connectivity index (χ2n) is 14.9. The third-order valence-electron chi connectivity index (χ3n) is 9.20. The highest BCUT2D eigenvalue weighted by atomic mass is 16.2. The number of nitrogens with one attached hydrogen (secondary N) is 5. The van der Waals surface area contributed by atoms with Gasteiger partial charge in [0.05, 0.1) is 67.7 Å². The molecule has 0 fully saturated rings. The van der Waals surface area contributed by atoms with Crippen molar-refractivity contribution < 1.29 is 67.1 Å². The van der Waals surface area contributed by atoms with Gasteiger partial charge in [-0.3, -0.25) is 72.4 Å². The minimum absolute atomic E-state index is 0. The number of carbonyl (C=O) groups excluding carboxylic acids is 14. The summed E-state index contributed by atoms with van der Waals surface area (Å²) >= 11 is 0. The highest BCUT2D eigenvalue weighted by molar-refractivity contribution is 5.94. The molecule has 0 saturated heterocycles. The average Bonchev–Trinajstić information content (AvgIpc) is 3.22. The molecule has 1 aromatic rings. The van der Waals surface area contributed by atoms with Crippen LogP contribution in [0.25, 0.3) is 0 Å². The number of rotatable bonds is 31. The zero-order valence-corrected chi connectivity index (χ0v) is 37.9. The maximum atomic E-state index is 12.3. The van der Waals surface area contributed by atoms with Crippen molar-refractivity contribution in [3.63, 3.8) is 0 Å². The molecule has 0 saturated carbocycles. The average molecular weight is 1030 g/mol. The summed E-state index contributed by atoms with van der Waals surface area (Å²) < 4.78 is 0. The summed E-state index contributed by atoms with van der Waals surface area (Å²) in [5, 5.41) is 12.5. The van der Waals surface area contributed by atoms with Gasteiger partial charge >= 0.3 is 6.03 Å². The lowest BCUT2D eigenvalue weighted by atomic mass is 9.83. The standard InChI is InChI=1S/C19H32N12O8.C12H16N6O6.C4H8N2O2.H3N/c20-8(32)1-5(16(24)36)28-12-13(29-6(17(25)37)2-9(21)33)15(31(19(27)39)4-11(23)35)14(12)30-7(18(26)38)3-10(22)34;13-5(19)1-3(11(15)23)17-7-8(10(22)9(7)21)18-4(12(16)24)2-6(14)20;5-3(1-2-7)4(6)8;/h5-7,13,15,28-30H,1-4H2,(H2,20,32)(H2,21,33)(H2,22,34)(H2,23,35)(H2,24,36)(H2,25,37)(H2,26,38)(H2,27,39);3-4,17-18H,1-2H2,(H2,13,19)(H2,14,20)(H2,15,23)(H2,16,24);2-3H,1,5H2,(H2,6,8);1H3. The molecule has 400 valence electrons. The largest absolute Gasteiger partial charge is 0.374 e. The molecule has 37 heteroatoms. The van der Waals surface area contributed by atoms with Gasteiger partial charge in [-0.1, -0.05) is 0 Å². The molecule has 1 aliphatic rings. The summed E-state index contributed by atoms with van der Waals surface area (Å²) in [6, 6.07) is -11.9. The third-order valence-corrected chi connectivity index (χ3v) is 9.20. The van der Waals surface area contributed by atoms with Crippen molar-refractivity contribution in [1.82, 2.24) is 27.0 Å². The molecule has 2 rings (SSSR count). The quantitative estimate of drug-likeness (QED) is 0.0242. The molecule has 37 nitrogen and oxygen atoms in total. The molecule has 0 radical (unpaired) electrons. The SMILES string of the molecule is N.NC(=O)C(N)CC=O.NC(=O)CC(NC1=C(NC(CC(N)=O)C(N)=O)C(N(CC(N)=O)C(N)=O)C1NC(CC(N)=O)C(N)=O)C(N)=O.NC(=O)CC(Nc1c(NC(CC(N)=O)C(N)=O)c(=O)c1=O)C(N)=O. The van der Waals surface area contributed by atoms with Gasteiger partial charge in [0.25, 0.3) is 10.9 Å². The van der Waals surface area contributed by atoms with Crippen LogP contribution in [0.2, 0.25) is 0 Å². The first-order valence-corrected chi connectivity index (χ1v) is 19.8. The number of anilines is 2. The fourth-order valence-electron chi connectivity index (χ4n) is 5.84. The van der Waals surface area contributed by atoms with Crippen molar-refractivity contribution in [3.05, 3.63) is 31.8 Å². The molecule has 0 bridgehead atoms. The van der Waals surface area contributed by atoms with Crippen LogP contribution in [-0.4, -0.2) is 143 Å². The van der Waals surface area contributed by atoms with E-state index in [9.17, 15) is 76.7 Å². The molecule has 0 aliphatic heterocycles. The van der Waals surface area contributed by atoms with Gasteiger partial charge in [0.2, 0.25) is 70.9 Å². The summed E-state index contributed by atoms with van der Waals surface area (Å²) in [4.78, 5) is 182. The summed E-state index contributed by atoms with van der Waals surface area (Å²) in [6.45, 7) is -0.800. The topological polar surface area (TPSA) is 736 Å². The molecule has 0 spiro atoms. The van der Waals surface area contributed by atoms with Crippen molar-refractivity contribution in [2.75, 3.05) is 17.2 Å². The predicted octanol–water partition coefficient (Wildman–Crippen LogP) is -14.1. The van der Waals surface area contributed by atoms with Crippen LogP contribution in [0.4, 0.5) is 16.2 Å². The van der Waals surface area contributed by atoms with E-state index in [0.717, 1.165) is 0 Å². The molecule has 36 N–H and O–H groups in total. The minimum Gasteiger partial charge on any atom is -0.374 e. The molecule has 8 unspecified atom stereocenters. The van der Waals surface area contributed by atoms with Gasteiger partial charge in [-0.15, -0.1) is 0 Å². The third kappa shape index (κ3) is 20.8. The lowest BCUT2D eigenvalue weighted by Gasteiger charge is -2.49. The molecule has 1 aromatic carbocycles. The Labute approximate surface area is 404 Å². The van der Waals surface area contributed by atoms with Crippen molar-refractivity contribution in [3.8, 4) is 0 Å². The number of nitrogens with zero attached hydrogens (tertiary/aromatic N) is 1. The molecule has 0 heterocycles. The lowest BCUT2D eigenvalue weighted by Crippen LogP contribution is -2.70. The number of amides is 14. The zero-order chi connectivity index (χ0) is 55.4. The first kappa shape index (κ1) is 64.6. The maximum Gasteiger partial charge on any atom is 0.315 e. The molecule has 0 aromatic heterocycles. The predicted molar refractivity (Wildman–Crippen MR) is 245 cm³/mol. The Morgan fingerprint density at radius 3 is 1.01 bits per heavy atom. The van der Waals surface area contributed by atoms with Crippen LogP contribution in [0.1, 0.15) is 38.5 Å². The fraction of sp³-hybridized carbons (Fsp3) is 0.429. The number of nitrogens with two attached hydrogens (primary N) is 14. The van der Waals surface area contributed by atoms with Gasteiger partial charge in [0.1, 0.15) is 48.4 Å². The Morgan fingerprint density at radius 2 is 0.764 bits per heavy atom. The second-order valence-corrected chi connectivity index (χ2v) is 14.9. The van der Waals surface area contributed by atoms with E-state index in [1.807, 2.05) is 0 Å². The van der Waals surface area contributed by atoms with Crippen LogP contribution in [0.3, 0.4) is 0 Å². The van der Waals surface area contributed by atoms with Crippen LogP contribution >= 0.6 is 0 Å². The number of hydrogen-bond donors (Lipinski definition) is 20. The number of carbonyl (C=O) groups is 14. The van der Waals surface area contributed by atoms with E-state index >= 15 is 0 Å². The Hall–Kier alpha value is -9.52. The van der Waals surface area contributed by atoms with E-state index < -0.39 is 175 Å². The number of aldehydes is 1. The fourth-order valence-corrected chi connectivity index (χ4v) is 5.84. The van der Waals surface area contributed by atoms with E-state index in [1.54, 1.807) is 0 Å². The van der Waals surface area contributed by atoms with Crippen LogP contribution in [0.15, 0.2) is 21.0 Å². The van der Waals surface area contributed by atoms with E-state index in [0.29, 0.717) is 11.2 Å². The summed E-state index contributed by atoms with van der Waals surface area (Å²) in [6.07, 6.45) is -2.37. The lowest BCUT2D eigenvalue weighted by molar-refractivity contribution is -0.126. The van der Waals surface area contributed by atoms with Gasteiger partial charge in [0.15, 0.2) is 0 Å². The van der Waals surface area contributed by atoms with Crippen molar-refractivity contribution in [2.24, 2.45) is 80.3 Å². The number of hydrogen-bond acceptors (Lipinski definition) is 23. The number of primary amides is 13. The van der Waals surface area contributed by atoms with Gasteiger partial charge < -0.3 is 117 Å². The van der Waals surface area contributed by atoms with E-state index in [1.165, 1.54) is 0 Å². The summed E-state index contributed by atoms with van der Waals surface area (Å²) in [5.74, 6) is -11.5.